The van der Waals surface area contributed by atoms with Gasteiger partial charge in [-0.05, 0) is 75.3 Å². The molecular weight excluding hydrogens is 584 g/mol. The Labute approximate surface area is 250 Å². The second-order valence-electron chi connectivity index (χ2n) is 11.5. The highest BCUT2D eigenvalue weighted by Gasteiger charge is 2.39. The number of carbonyl (C=O) groups is 2. The minimum Gasteiger partial charge on any atom is -0.493 e. The molecule has 0 atom stereocenters. The van der Waals surface area contributed by atoms with Crippen LogP contribution in [0, 0.1) is 0 Å². The van der Waals surface area contributed by atoms with Crippen molar-refractivity contribution in [3.63, 3.8) is 0 Å². The van der Waals surface area contributed by atoms with E-state index in [0.29, 0.717) is 49.6 Å². The lowest BCUT2D eigenvalue weighted by Gasteiger charge is -2.40. The summed E-state index contributed by atoms with van der Waals surface area (Å²) in [5.74, 6) is -1.06. The zero-order chi connectivity index (χ0) is 30.8. The smallest absolute Gasteiger partial charge is 0.322 e. The van der Waals surface area contributed by atoms with Crippen LogP contribution in [0.15, 0.2) is 30.3 Å². The first-order valence-electron chi connectivity index (χ1n) is 14.4. The van der Waals surface area contributed by atoms with Gasteiger partial charge in [0.2, 0.25) is 10.0 Å². The van der Waals surface area contributed by atoms with Crippen LogP contribution in [-0.2, 0) is 19.6 Å². The number of aromatic nitrogens is 1. The molecule has 2 saturated heterocycles. The average molecular weight is 622 g/mol. The van der Waals surface area contributed by atoms with Crippen molar-refractivity contribution in [2.24, 2.45) is 0 Å². The minimum absolute atomic E-state index is 0.136. The zero-order valence-corrected chi connectivity index (χ0v) is 25.1. The number of pyridine rings is 1. The largest absolute Gasteiger partial charge is 0.493 e. The summed E-state index contributed by atoms with van der Waals surface area (Å²) in [6, 6.07) is 7.70. The van der Waals surface area contributed by atoms with E-state index in [1.807, 2.05) is 9.80 Å². The Morgan fingerprint density at radius 3 is 2.21 bits per heavy atom. The number of hydrogen-bond donors (Lipinski definition) is 2. The molecule has 1 amide bonds. The normalized spacial score (nSPS) is 24.4. The first-order valence-corrected chi connectivity index (χ1v) is 16.0. The van der Waals surface area contributed by atoms with E-state index in [2.05, 4.69) is 19.8 Å². The summed E-state index contributed by atoms with van der Waals surface area (Å²) in [4.78, 5) is 33.6. The number of methoxy groups -OCH3 is 2. The van der Waals surface area contributed by atoms with Crippen molar-refractivity contribution >= 4 is 44.9 Å². The number of rotatable bonds is 5. The van der Waals surface area contributed by atoms with Gasteiger partial charge >= 0.3 is 5.97 Å². The van der Waals surface area contributed by atoms with Gasteiger partial charge in [0, 0.05) is 26.2 Å². The molecule has 7 heterocycles. The number of amides is 1. The Hall–Kier alpha value is -3.68. The van der Waals surface area contributed by atoms with E-state index in [1.165, 1.54) is 25.3 Å². The molecule has 6 aliphatic rings. The lowest BCUT2D eigenvalue weighted by molar-refractivity contribution is -0.137. The molecule has 2 N–H and O–H groups in total. The van der Waals surface area contributed by atoms with Gasteiger partial charge in [-0.2, -0.15) is 0 Å². The van der Waals surface area contributed by atoms with Crippen molar-refractivity contribution in [1.29, 1.82) is 0 Å². The van der Waals surface area contributed by atoms with Gasteiger partial charge in [-0.3, -0.25) is 14.3 Å². The number of sulfonamides is 1. The molecule has 14 heteroatoms. The van der Waals surface area contributed by atoms with Gasteiger partial charge < -0.3 is 24.6 Å². The van der Waals surface area contributed by atoms with Crippen molar-refractivity contribution in [3.05, 3.63) is 35.9 Å². The number of nitrogens with one attached hydrogen (secondary N) is 2. The summed E-state index contributed by atoms with van der Waals surface area (Å²) < 4.78 is 68.9. The second kappa shape index (κ2) is 12.1. The van der Waals surface area contributed by atoms with Crippen LogP contribution in [0.2, 0.25) is 0 Å². The third-order valence-corrected chi connectivity index (χ3v) is 9.72. The number of esters is 1. The molecule has 2 aromatic rings. The maximum absolute atomic E-state index is 15.9. The summed E-state index contributed by atoms with van der Waals surface area (Å²) in [5.41, 5.74) is -2.07. The summed E-state index contributed by atoms with van der Waals surface area (Å²) >= 11 is 0. The van der Waals surface area contributed by atoms with Gasteiger partial charge in [-0.1, -0.05) is 0 Å². The molecule has 11 nitrogen and oxygen atoms in total. The molecule has 0 saturated carbocycles. The van der Waals surface area contributed by atoms with Crippen molar-refractivity contribution in [2.45, 2.75) is 56.3 Å². The summed E-state index contributed by atoms with van der Waals surface area (Å²) in [5, 5.41) is 2.82. The minimum atomic E-state index is -4.09. The van der Waals surface area contributed by atoms with E-state index < -0.39 is 39.0 Å². The molecule has 234 valence electrons. The lowest BCUT2D eigenvalue weighted by Crippen LogP contribution is -2.44. The summed E-state index contributed by atoms with van der Waals surface area (Å²) in [6.07, 6.45) is 1.91. The Bertz CT molecular complexity index is 1470. The van der Waals surface area contributed by atoms with Gasteiger partial charge in [0.25, 0.3) is 5.91 Å². The Kier molecular flexibility index (Phi) is 8.68. The van der Waals surface area contributed by atoms with Crippen LogP contribution in [0.3, 0.4) is 0 Å². The van der Waals surface area contributed by atoms with Crippen molar-refractivity contribution in [3.8, 4) is 5.75 Å². The summed E-state index contributed by atoms with van der Waals surface area (Å²) in [7, 11) is -1.48. The molecular formula is C29H37F2N5O6S. The van der Waals surface area contributed by atoms with Crippen LogP contribution in [0.5, 0.6) is 5.75 Å². The molecule has 2 fully saturated rings. The molecule has 1 aromatic heterocycles. The third-order valence-electron chi connectivity index (χ3n) is 8.56. The maximum atomic E-state index is 15.9. The van der Waals surface area contributed by atoms with E-state index in [-0.39, 0.29) is 55.8 Å². The third kappa shape index (κ3) is 7.11. The molecule has 0 aliphatic carbocycles. The molecule has 1 aromatic carbocycles. The maximum Gasteiger partial charge on any atom is 0.322 e. The molecule has 0 unspecified atom stereocenters. The number of benzene rings is 1. The van der Waals surface area contributed by atoms with Crippen LogP contribution in [0.4, 0.5) is 31.8 Å². The van der Waals surface area contributed by atoms with Crippen molar-refractivity contribution < 1.29 is 36.3 Å². The van der Waals surface area contributed by atoms with Crippen LogP contribution in [-0.4, -0.2) is 82.8 Å². The van der Waals surface area contributed by atoms with E-state index in [1.54, 1.807) is 12.1 Å². The fourth-order valence-corrected chi connectivity index (χ4v) is 7.03. The fourth-order valence-electron chi connectivity index (χ4n) is 6.04. The highest BCUT2D eigenvalue weighted by Crippen LogP contribution is 2.40. The predicted molar refractivity (Wildman–Crippen MR) is 159 cm³/mol. The number of ether oxygens (including phenoxy) is 2. The number of alkyl halides is 2. The Morgan fingerprint density at radius 1 is 0.977 bits per heavy atom. The van der Waals surface area contributed by atoms with E-state index in [4.69, 9.17) is 4.74 Å². The molecule has 6 bridgehead atoms. The molecule has 0 spiro atoms. The molecule has 8 rings (SSSR count). The van der Waals surface area contributed by atoms with Crippen molar-refractivity contribution in [2.75, 3.05) is 66.0 Å². The van der Waals surface area contributed by atoms with Crippen LogP contribution in [0.1, 0.15) is 55.3 Å². The highest BCUT2D eigenvalue weighted by molar-refractivity contribution is 7.93. The number of hydrogen-bond acceptors (Lipinski definition) is 9. The zero-order valence-electron chi connectivity index (χ0n) is 24.3. The van der Waals surface area contributed by atoms with Gasteiger partial charge in [-0.25, -0.2) is 22.2 Å². The highest BCUT2D eigenvalue weighted by atomic mass is 32.2. The lowest BCUT2D eigenvalue weighted by atomic mass is 9.83. The first-order chi connectivity index (χ1) is 20.4. The predicted octanol–water partition coefficient (Wildman–Crippen LogP) is 4.06. The van der Waals surface area contributed by atoms with Crippen LogP contribution < -0.4 is 24.6 Å². The number of halogens is 2. The van der Waals surface area contributed by atoms with Gasteiger partial charge in [0.15, 0.2) is 17.3 Å². The topological polar surface area (TPSA) is 130 Å². The van der Waals surface area contributed by atoms with Crippen molar-refractivity contribution in [1.82, 2.24) is 4.98 Å². The van der Waals surface area contributed by atoms with E-state index >= 15 is 8.78 Å². The standard InChI is InChI=1S/C29H37F2N5O6S/c1-41-23-6-7-24-32-26(23)36-16-12-29(31,13-17-36)9-3-8-28(30)10-14-35(15-11-28)22-18-20(4-5-21(22)27(38)33-24)34-43(39,40)19-25(37)42-2/h4-7,18,34H,3,8-17,19H2,1-2H3,(H,32,33,38). The van der Waals surface area contributed by atoms with Crippen LogP contribution in [0.25, 0.3) is 0 Å². The molecule has 43 heavy (non-hydrogen) atoms. The quantitative estimate of drug-likeness (QED) is 0.475. The number of piperidine rings is 2. The Morgan fingerprint density at radius 2 is 1.60 bits per heavy atom. The van der Waals surface area contributed by atoms with Crippen LogP contribution >= 0.6 is 0 Å². The number of anilines is 4. The van der Waals surface area contributed by atoms with Gasteiger partial charge in [0.1, 0.15) is 17.2 Å². The molecule has 6 aliphatic heterocycles. The van der Waals surface area contributed by atoms with Gasteiger partial charge in [0.05, 0.1) is 31.2 Å². The van der Waals surface area contributed by atoms with E-state index in [0.717, 1.165) is 7.11 Å². The molecule has 0 radical (unpaired) electrons. The van der Waals surface area contributed by atoms with Gasteiger partial charge in [-0.15, -0.1) is 0 Å². The Balaban J connectivity index is 1.50. The fraction of sp³-hybridized carbons (Fsp3) is 0.552. The number of carbonyl (C=O) groups excluding carboxylic acids is 2. The number of nitrogens with zero attached hydrogens (tertiary/aromatic N) is 3. The second-order valence-corrected chi connectivity index (χ2v) is 13.2. The summed E-state index contributed by atoms with van der Waals surface area (Å²) in [6.45, 7) is 1.36. The first kappa shape index (κ1) is 30.8. The SMILES string of the molecule is COC(=O)CS(=O)(=O)Nc1ccc2c(c1)N1CCC(F)(CCCC3(F)CCN(CC3)c3nc(ccc3OC)NC2=O)CC1. The van der Waals surface area contributed by atoms with E-state index in [9.17, 15) is 18.0 Å². The monoisotopic (exact) mass is 621 g/mol. The average Bonchev–Trinajstić information content (AvgIpc) is 2.97.